The Kier molecular flexibility index (Phi) is 9.84. The number of Topliss-reactive ketones (excluding diaryl/α,β-unsaturated/α-hetero) is 1. The molecule has 0 saturated carbocycles. The molecule has 0 amide bonds. The lowest BCUT2D eigenvalue weighted by atomic mass is 10.1. The number of non-ortho nitro benzene ring substituents is 1. The van der Waals surface area contributed by atoms with Crippen LogP contribution in [0.4, 0.5) is 5.69 Å². The third-order valence-electron chi connectivity index (χ3n) is 5.10. The zero-order valence-electron chi connectivity index (χ0n) is 16.2. The molecule has 0 bridgehead atoms. The van der Waals surface area contributed by atoms with Crippen LogP contribution < -0.4 is 4.74 Å². The number of ether oxygens (including phenoxy) is 1. The predicted molar refractivity (Wildman–Crippen MR) is 106 cm³/mol. The summed E-state index contributed by atoms with van der Waals surface area (Å²) in [6.07, 6.45) is 11.3. The first-order valence-corrected chi connectivity index (χ1v) is 10.3. The molecule has 0 atom stereocenters. The van der Waals surface area contributed by atoms with Gasteiger partial charge in [0.25, 0.3) is 5.69 Å². The normalized spacial score (nSPS) is 15.0. The van der Waals surface area contributed by atoms with Gasteiger partial charge in [-0.05, 0) is 31.5 Å². The summed E-state index contributed by atoms with van der Waals surface area (Å²) in [5.74, 6) is 1.11. The van der Waals surface area contributed by atoms with E-state index in [0.717, 1.165) is 45.3 Å². The van der Waals surface area contributed by atoms with Gasteiger partial charge >= 0.3 is 0 Å². The molecule has 150 valence electrons. The Balaban J connectivity index is 1.36. The third-order valence-corrected chi connectivity index (χ3v) is 5.10. The summed E-state index contributed by atoms with van der Waals surface area (Å²) < 4.78 is 5.62. The maximum Gasteiger partial charge on any atom is 0.269 e. The molecule has 1 fully saturated rings. The Hall–Kier alpha value is -1.95. The van der Waals surface area contributed by atoms with Crippen LogP contribution in [0.2, 0.25) is 0 Å². The summed E-state index contributed by atoms with van der Waals surface area (Å²) in [5.41, 5.74) is 0.0911. The Bertz CT molecular complexity index is 564. The number of ketones is 1. The molecule has 0 aromatic heterocycles. The highest BCUT2D eigenvalue weighted by Crippen LogP contribution is 2.18. The number of unbranched alkanes of at least 4 members (excludes halogenated alkanes) is 7. The van der Waals surface area contributed by atoms with Crippen LogP contribution in [-0.4, -0.2) is 41.8 Å². The molecule has 1 saturated heterocycles. The van der Waals surface area contributed by atoms with E-state index in [9.17, 15) is 14.9 Å². The maximum atomic E-state index is 11.2. The van der Waals surface area contributed by atoms with E-state index in [1.807, 2.05) is 0 Å². The molecule has 2 rings (SSSR count). The first-order valence-electron chi connectivity index (χ1n) is 10.3. The number of piperidine rings is 1. The number of likely N-dealkylation sites (tertiary alicyclic amines) is 1. The number of nitrogens with zero attached hydrogens (tertiary/aromatic N) is 2. The summed E-state index contributed by atoms with van der Waals surface area (Å²) in [7, 11) is 0. The van der Waals surface area contributed by atoms with Crippen LogP contribution >= 0.6 is 0 Å². The van der Waals surface area contributed by atoms with Gasteiger partial charge in [0.05, 0.1) is 11.5 Å². The van der Waals surface area contributed by atoms with E-state index in [0.29, 0.717) is 18.1 Å². The van der Waals surface area contributed by atoms with Crippen LogP contribution in [0.15, 0.2) is 24.3 Å². The number of nitro benzene ring substituents is 1. The molecular formula is C21H32N2O4. The molecule has 1 aliphatic rings. The number of carbonyl (C=O) groups excluding carboxylic acids is 1. The number of benzene rings is 1. The van der Waals surface area contributed by atoms with Crippen LogP contribution in [0, 0.1) is 10.1 Å². The minimum absolute atomic E-state index is 0.0911. The molecule has 0 aliphatic carbocycles. The summed E-state index contributed by atoms with van der Waals surface area (Å²) in [5, 5.41) is 10.6. The number of nitro groups is 1. The van der Waals surface area contributed by atoms with Crippen LogP contribution in [0.25, 0.3) is 0 Å². The summed E-state index contributed by atoms with van der Waals surface area (Å²) in [4.78, 5) is 23.8. The fourth-order valence-corrected chi connectivity index (χ4v) is 3.38. The molecular weight excluding hydrogens is 344 g/mol. The fourth-order valence-electron chi connectivity index (χ4n) is 3.38. The number of hydrogen-bond donors (Lipinski definition) is 0. The highest BCUT2D eigenvalue weighted by atomic mass is 16.6. The van der Waals surface area contributed by atoms with E-state index in [4.69, 9.17) is 4.74 Å². The van der Waals surface area contributed by atoms with Crippen molar-refractivity contribution < 1.29 is 14.5 Å². The first-order chi connectivity index (χ1) is 13.1. The largest absolute Gasteiger partial charge is 0.494 e. The zero-order valence-corrected chi connectivity index (χ0v) is 16.2. The van der Waals surface area contributed by atoms with Crippen LogP contribution in [0.3, 0.4) is 0 Å². The quantitative estimate of drug-likeness (QED) is 0.282. The van der Waals surface area contributed by atoms with E-state index in [1.165, 1.54) is 50.7 Å². The Morgan fingerprint density at radius 1 is 0.889 bits per heavy atom. The molecule has 1 aromatic carbocycles. The first kappa shape index (κ1) is 21.4. The van der Waals surface area contributed by atoms with Gasteiger partial charge in [0, 0.05) is 38.1 Å². The predicted octanol–water partition coefficient (Wildman–Crippen LogP) is 4.76. The number of carbonyl (C=O) groups is 1. The van der Waals surface area contributed by atoms with Crippen molar-refractivity contribution in [1.82, 2.24) is 4.90 Å². The lowest BCUT2D eigenvalue weighted by molar-refractivity contribution is -0.384. The van der Waals surface area contributed by atoms with Gasteiger partial charge in [0.1, 0.15) is 11.5 Å². The lowest BCUT2D eigenvalue weighted by Gasteiger charge is -2.25. The SMILES string of the molecule is O=C1CCN(CCCCCCCCCCOc2ccc([N+](=O)[O-])cc2)CC1. The fraction of sp³-hybridized carbons (Fsp3) is 0.667. The van der Waals surface area contributed by atoms with Gasteiger partial charge in [-0.25, -0.2) is 0 Å². The third kappa shape index (κ3) is 9.00. The molecule has 27 heavy (non-hydrogen) atoms. The second-order valence-corrected chi connectivity index (χ2v) is 7.31. The van der Waals surface area contributed by atoms with Gasteiger partial charge in [0.15, 0.2) is 0 Å². The van der Waals surface area contributed by atoms with Gasteiger partial charge in [-0.1, -0.05) is 38.5 Å². The van der Waals surface area contributed by atoms with Crippen molar-refractivity contribution in [3.63, 3.8) is 0 Å². The standard InChI is InChI=1S/C21H32N2O4/c24-20-13-16-22(17-14-20)15-7-5-3-1-2-4-6-8-18-27-21-11-9-19(10-12-21)23(25)26/h9-12H,1-8,13-18H2. The number of hydrogen-bond acceptors (Lipinski definition) is 5. The second-order valence-electron chi connectivity index (χ2n) is 7.31. The van der Waals surface area contributed by atoms with Crippen molar-refractivity contribution >= 4 is 11.5 Å². The van der Waals surface area contributed by atoms with Crippen molar-refractivity contribution in [1.29, 1.82) is 0 Å². The minimum atomic E-state index is -0.403. The van der Waals surface area contributed by atoms with Crippen molar-refractivity contribution in [2.75, 3.05) is 26.2 Å². The minimum Gasteiger partial charge on any atom is -0.494 e. The molecule has 6 heteroatoms. The van der Waals surface area contributed by atoms with E-state index in [1.54, 1.807) is 12.1 Å². The van der Waals surface area contributed by atoms with Crippen LogP contribution in [0.5, 0.6) is 5.75 Å². The molecule has 1 aromatic rings. The van der Waals surface area contributed by atoms with Gasteiger partial charge in [0.2, 0.25) is 0 Å². The molecule has 0 unspecified atom stereocenters. The summed E-state index contributed by atoms with van der Waals surface area (Å²) in [6.45, 7) is 3.73. The second kappa shape index (κ2) is 12.4. The number of rotatable bonds is 13. The van der Waals surface area contributed by atoms with Crippen molar-refractivity contribution in [2.24, 2.45) is 0 Å². The lowest BCUT2D eigenvalue weighted by Crippen LogP contribution is -2.34. The molecule has 0 N–H and O–H groups in total. The zero-order chi connectivity index (χ0) is 19.3. The van der Waals surface area contributed by atoms with Crippen molar-refractivity contribution in [3.8, 4) is 5.75 Å². The molecule has 0 radical (unpaired) electrons. The van der Waals surface area contributed by atoms with E-state index < -0.39 is 4.92 Å². The molecule has 1 aliphatic heterocycles. The van der Waals surface area contributed by atoms with Crippen LogP contribution in [0.1, 0.15) is 64.2 Å². The summed E-state index contributed by atoms with van der Waals surface area (Å²) in [6, 6.07) is 6.25. The van der Waals surface area contributed by atoms with E-state index in [2.05, 4.69) is 4.90 Å². The average molecular weight is 376 g/mol. The van der Waals surface area contributed by atoms with Gasteiger partial charge in [-0.15, -0.1) is 0 Å². The molecule has 0 spiro atoms. The molecule has 1 heterocycles. The topological polar surface area (TPSA) is 72.7 Å². The molecule has 6 nitrogen and oxygen atoms in total. The van der Waals surface area contributed by atoms with Gasteiger partial charge < -0.3 is 9.64 Å². The Labute approximate surface area is 162 Å². The van der Waals surface area contributed by atoms with Crippen molar-refractivity contribution in [2.45, 2.75) is 64.2 Å². The smallest absolute Gasteiger partial charge is 0.269 e. The highest BCUT2D eigenvalue weighted by Gasteiger charge is 2.14. The van der Waals surface area contributed by atoms with Crippen molar-refractivity contribution in [3.05, 3.63) is 34.4 Å². The average Bonchev–Trinajstić information content (AvgIpc) is 2.68. The maximum absolute atomic E-state index is 11.2. The summed E-state index contributed by atoms with van der Waals surface area (Å²) >= 11 is 0. The highest BCUT2D eigenvalue weighted by molar-refractivity contribution is 5.79. The van der Waals surface area contributed by atoms with Crippen LogP contribution in [-0.2, 0) is 4.79 Å². The monoisotopic (exact) mass is 376 g/mol. The van der Waals surface area contributed by atoms with E-state index in [-0.39, 0.29) is 5.69 Å². The Morgan fingerprint density at radius 2 is 1.44 bits per heavy atom. The van der Waals surface area contributed by atoms with E-state index >= 15 is 0 Å². The van der Waals surface area contributed by atoms with Gasteiger partial charge in [-0.3, -0.25) is 14.9 Å². The Morgan fingerprint density at radius 3 is 2.04 bits per heavy atom. The van der Waals surface area contributed by atoms with Gasteiger partial charge in [-0.2, -0.15) is 0 Å².